The third kappa shape index (κ3) is 2.86. The summed E-state index contributed by atoms with van der Waals surface area (Å²) in [4.78, 5) is 13.1. The molecule has 0 bridgehead atoms. The van der Waals surface area contributed by atoms with Gasteiger partial charge in [-0.05, 0) is 127 Å². The summed E-state index contributed by atoms with van der Waals surface area (Å²) in [5, 5.41) is 0. The summed E-state index contributed by atoms with van der Waals surface area (Å²) in [6.45, 7) is 20.5. The van der Waals surface area contributed by atoms with E-state index in [0.717, 1.165) is 36.5 Å². The number of primary amides is 1. The fourth-order valence-corrected chi connectivity index (χ4v) is 12.5. The fraction of sp³-hybridized carbons (Fsp3) is 0.968. The van der Waals surface area contributed by atoms with Gasteiger partial charge in [-0.15, -0.1) is 0 Å². The number of fused-ring (bicyclic) bond motifs is 7. The summed E-state index contributed by atoms with van der Waals surface area (Å²) in [6.07, 6.45) is 12.6. The predicted octanol–water partition coefficient (Wildman–Crippen LogP) is 7.90. The summed E-state index contributed by atoms with van der Waals surface area (Å²) in [6, 6.07) is 0. The topological polar surface area (TPSA) is 43.1 Å². The molecule has 11 atom stereocenters. The van der Waals surface area contributed by atoms with Gasteiger partial charge in [-0.2, -0.15) is 12.6 Å². The maximum atomic E-state index is 13.1. The molecule has 34 heavy (non-hydrogen) atoms. The first-order chi connectivity index (χ1) is 15.6. The van der Waals surface area contributed by atoms with Crippen molar-refractivity contribution in [3.05, 3.63) is 0 Å². The van der Waals surface area contributed by atoms with Crippen molar-refractivity contribution < 1.29 is 4.79 Å². The molecule has 5 saturated carbocycles. The molecule has 0 spiro atoms. The first-order valence-corrected chi connectivity index (χ1v) is 15.1. The lowest BCUT2D eigenvalue weighted by Gasteiger charge is -2.75. The quantitative estimate of drug-likeness (QED) is 0.363. The van der Waals surface area contributed by atoms with Crippen LogP contribution in [0.25, 0.3) is 0 Å². The first kappa shape index (κ1) is 25.5. The van der Waals surface area contributed by atoms with Gasteiger partial charge in [0.1, 0.15) is 0 Å². The Hall–Kier alpha value is -0.180. The molecule has 0 saturated heterocycles. The van der Waals surface area contributed by atoms with E-state index < -0.39 is 4.75 Å². The molecule has 5 rings (SSSR count). The molecule has 5 fully saturated rings. The number of thiol groups is 1. The molecule has 194 valence electrons. The van der Waals surface area contributed by atoms with Crippen LogP contribution in [0.2, 0.25) is 0 Å². The molecule has 3 heteroatoms. The fourth-order valence-electron chi connectivity index (χ4n) is 12.0. The van der Waals surface area contributed by atoms with Gasteiger partial charge in [0.15, 0.2) is 0 Å². The van der Waals surface area contributed by atoms with Crippen LogP contribution in [0.3, 0.4) is 0 Å². The minimum Gasteiger partial charge on any atom is -0.368 e. The van der Waals surface area contributed by atoms with Crippen LogP contribution in [-0.4, -0.2) is 10.7 Å². The molecule has 1 unspecified atom stereocenters. The summed E-state index contributed by atoms with van der Waals surface area (Å²) >= 11 is 5.27. The van der Waals surface area contributed by atoms with Crippen LogP contribution in [0.15, 0.2) is 0 Å². The van der Waals surface area contributed by atoms with Crippen molar-refractivity contribution in [2.24, 2.45) is 68.3 Å². The van der Waals surface area contributed by atoms with E-state index in [-0.39, 0.29) is 22.2 Å². The third-order valence-corrected chi connectivity index (χ3v) is 15.4. The summed E-state index contributed by atoms with van der Waals surface area (Å²) < 4.78 is -0.696. The number of carbonyl (C=O) groups excluding carboxylic acids is 1. The van der Waals surface area contributed by atoms with Gasteiger partial charge in [-0.1, -0.05) is 55.4 Å². The van der Waals surface area contributed by atoms with Gasteiger partial charge < -0.3 is 5.73 Å². The SMILES string of the molecule is C[C@@H]1[C@H]2[C@H]3CC[C@@H]4[C@]5(C)[C@@H](CC[C@@]4(C)[C@]3(C)CC[C@@]2(C)CC[C@H]1C)C(C)(C)CCC5(S)C(N)=O. The van der Waals surface area contributed by atoms with E-state index in [0.29, 0.717) is 22.7 Å². The van der Waals surface area contributed by atoms with Gasteiger partial charge >= 0.3 is 0 Å². The molecule has 0 heterocycles. The van der Waals surface area contributed by atoms with Crippen LogP contribution in [0, 0.1) is 62.6 Å². The smallest absolute Gasteiger partial charge is 0.233 e. The number of rotatable bonds is 1. The normalized spacial score (nSPS) is 58.6. The van der Waals surface area contributed by atoms with Gasteiger partial charge in [0.05, 0.1) is 4.75 Å². The lowest BCUT2D eigenvalue weighted by Crippen LogP contribution is -2.72. The Morgan fingerprint density at radius 1 is 0.765 bits per heavy atom. The highest BCUT2D eigenvalue weighted by atomic mass is 32.1. The van der Waals surface area contributed by atoms with Gasteiger partial charge in [0.2, 0.25) is 5.91 Å². The Balaban J connectivity index is 1.61. The number of hydrogen-bond donors (Lipinski definition) is 2. The van der Waals surface area contributed by atoms with E-state index in [2.05, 4.69) is 55.4 Å². The Labute approximate surface area is 215 Å². The number of amides is 1. The van der Waals surface area contributed by atoms with Crippen LogP contribution in [0.1, 0.15) is 120 Å². The average Bonchev–Trinajstić information content (AvgIpc) is 2.75. The molecule has 0 aromatic carbocycles. The van der Waals surface area contributed by atoms with Gasteiger partial charge in [0.25, 0.3) is 0 Å². The van der Waals surface area contributed by atoms with Crippen molar-refractivity contribution in [1.29, 1.82) is 0 Å². The van der Waals surface area contributed by atoms with Crippen molar-refractivity contribution >= 4 is 18.5 Å². The minimum atomic E-state index is -0.696. The zero-order chi connectivity index (χ0) is 25.1. The van der Waals surface area contributed by atoms with E-state index in [9.17, 15) is 4.79 Å². The minimum absolute atomic E-state index is 0.142. The highest BCUT2D eigenvalue weighted by Gasteiger charge is 2.73. The maximum Gasteiger partial charge on any atom is 0.233 e. The Kier molecular flexibility index (Phi) is 5.58. The molecular formula is C31H53NOS. The highest BCUT2D eigenvalue weighted by Crippen LogP contribution is 2.78. The van der Waals surface area contributed by atoms with E-state index in [1.807, 2.05) is 0 Å². The molecule has 2 N–H and O–H groups in total. The highest BCUT2D eigenvalue weighted by molar-refractivity contribution is 7.82. The largest absolute Gasteiger partial charge is 0.368 e. The van der Waals surface area contributed by atoms with E-state index in [1.54, 1.807) is 0 Å². The molecule has 1 amide bonds. The van der Waals surface area contributed by atoms with Gasteiger partial charge in [-0.25, -0.2) is 0 Å². The van der Waals surface area contributed by atoms with Crippen molar-refractivity contribution in [1.82, 2.24) is 0 Å². The second-order valence-electron chi connectivity index (χ2n) is 15.7. The lowest BCUT2D eigenvalue weighted by molar-refractivity contribution is -0.252. The van der Waals surface area contributed by atoms with Crippen LogP contribution >= 0.6 is 12.6 Å². The second kappa shape index (κ2) is 7.44. The van der Waals surface area contributed by atoms with Crippen LogP contribution in [0.4, 0.5) is 0 Å². The monoisotopic (exact) mass is 487 g/mol. The molecule has 5 aliphatic rings. The van der Waals surface area contributed by atoms with Crippen molar-refractivity contribution in [3.63, 3.8) is 0 Å². The number of nitrogens with two attached hydrogens (primary N) is 1. The van der Waals surface area contributed by atoms with Crippen LogP contribution in [-0.2, 0) is 4.79 Å². The number of hydrogen-bond acceptors (Lipinski definition) is 2. The predicted molar refractivity (Wildman–Crippen MR) is 146 cm³/mol. The molecular weight excluding hydrogens is 434 g/mol. The first-order valence-electron chi connectivity index (χ1n) is 14.6. The van der Waals surface area contributed by atoms with Gasteiger partial charge in [0, 0.05) is 0 Å². The Morgan fingerprint density at radius 2 is 1.44 bits per heavy atom. The van der Waals surface area contributed by atoms with Crippen molar-refractivity contribution in [2.45, 2.75) is 124 Å². The molecule has 0 aromatic heterocycles. The summed E-state index contributed by atoms with van der Waals surface area (Å²) in [7, 11) is 0. The Morgan fingerprint density at radius 3 is 2.09 bits per heavy atom. The Bertz CT molecular complexity index is 869. The lowest BCUT2D eigenvalue weighted by atomic mass is 9.30. The van der Waals surface area contributed by atoms with Gasteiger partial charge in [-0.3, -0.25) is 4.79 Å². The van der Waals surface area contributed by atoms with E-state index >= 15 is 0 Å². The zero-order valence-electron chi connectivity index (χ0n) is 23.5. The van der Waals surface area contributed by atoms with E-state index in [4.69, 9.17) is 18.4 Å². The van der Waals surface area contributed by atoms with Crippen LogP contribution < -0.4 is 5.73 Å². The van der Waals surface area contributed by atoms with Crippen LogP contribution in [0.5, 0.6) is 0 Å². The van der Waals surface area contributed by atoms with Crippen molar-refractivity contribution in [3.8, 4) is 0 Å². The maximum absolute atomic E-state index is 13.1. The zero-order valence-corrected chi connectivity index (χ0v) is 24.4. The summed E-state index contributed by atoms with van der Waals surface area (Å²) in [5.41, 5.74) is 7.45. The molecule has 0 radical (unpaired) electrons. The van der Waals surface area contributed by atoms with Crippen molar-refractivity contribution in [2.75, 3.05) is 0 Å². The van der Waals surface area contributed by atoms with E-state index in [1.165, 1.54) is 51.4 Å². The molecule has 5 aliphatic carbocycles. The molecule has 2 nitrogen and oxygen atoms in total. The standard InChI is InChI=1S/C31H53NOS/c1-19-11-13-27(5)16-17-28(6)21(24(27)20(19)2)9-10-23-29(28,7)14-12-22-26(3,4)15-18-31(34,25(32)33)30(22,23)8/h19-24,34H,9-18H2,1-8H3,(H2,32,33)/t19-,20+,21-,22+,23+,24+,27-,28-,29-,30+,31?/m1/s1. The molecule has 0 aromatic rings. The molecule has 0 aliphatic heterocycles. The average molecular weight is 488 g/mol. The third-order valence-electron chi connectivity index (χ3n) is 14.5. The number of carbonyl (C=O) groups is 1. The summed E-state index contributed by atoms with van der Waals surface area (Å²) in [5.74, 6) is 4.19. The second-order valence-corrected chi connectivity index (χ2v) is 16.5.